The average molecular weight is 788 g/mol. The molecule has 0 fully saturated rings. The van der Waals surface area contributed by atoms with E-state index in [0.717, 1.165) is 61.0 Å². The predicted octanol–water partition coefficient (Wildman–Crippen LogP) is 10.3. The van der Waals surface area contributed by atoms with Crippen molar-refractivity contribution in [3.63, 3.8) is 0 Å². The Balaban J connectivity index is 0.00000324. The molecule has 0 saturated heterocycles. The Morgan fingerprint density at radius 2 is 1.38 bits per heavy atom. The molecule has 0 bridgehead atoms. The van der Waals surface area contributed by atoms with E-state index in [1.807, 2.05) is 79.0 Å². The molecule has 9 rings (SSSR count). The number of pyridine rings is 2. The number of anilines is 3. The molecular formula is C40H24N4O2Pt. The van der Waals surface area contributed by atoms with Crippen molar-refractivity contribution in [2.24, 2.45) is 0 Å². The van der Waals surface area contributed by atoms with Crippen molar-refractivity contribution in [3.8, 4) is 17.3 Å². The van der Waals surface area contributed by atoms with Gasteiger partial charge >= 0.3 is 21.1 Å². The third-order valence-corrected chi connectivity index (χ3v) is 8.15. The number of ether oxygens (including phenoxy) is 1. The van der Waals surface area contributed by atoms with Crippen LogP contribution in [0.3, 0.4) is 0 Å². The number of hydrogen-bond acceptors (Lipinski definition) is 5. The largest absolute Gasteiger partial charge is 2.00 e. The second-order valence-electron chi connectivity index (χ2n) is 10.9. The molecule has 0 aliphatic heterocycles. The molecule has 0 aliphatic carbocycles. The van der Waals surface area contributed by atoms with Crippen LogP contribution in [0.4, 0.5) is 17.2 Å². The smallest absolute Gasteiger partial charge is 0.512 e. The molecule has 0 atom stereocenters. The number of rotatable bonds is 6. The Bertz CT molecular complexity index is 2470. The molecule has 0 aliphatic rings. The maximum absolute atomic E-state index is 6.36. The number of nitrogens with zero attached hydrogens (tertiary/aromatic N) is 4. The first-order chi connectivity index (χ1) is 22.8. The van der Waals surface area contributed by atoms with Gasteiger partial charge < -0.3 is 18.6 Å². The molecule has 5 aromatic carbocycles. The van der Waals surface area contributed by atoms with Gasteiger partial charge in [0.15, 0.2) is 0 Å². The zero-order chi connectivity index (χ0) is 30.5. The summed E-state index contributed by atoms with van der Waals surface area (Å²) >= 11 is 0. The van der Waals surface area contributed by atoms with E-state index >= 15 is 0 Å². The predicted molar refractivity (Wildman–Crippen MR) is 183 cm³/mol. The minimum atomic E-state index is 0. The van der Waals surface area contributed by atoms with E-state index in [2.05, 4.69) is 87.2 Å². The van der Waals surface area contributed by atoms with Crippen LogP contribution in [0.1, 0.15) is 0 Å². The van der Waals surface area contributed by atoms with Crippen molar-refractivity contribution in [1.82, 2.24) is 14.5 Å². The van der Waals surface area contributed by atoms with Gasteiger partial charge in [0.1, 0.15) is 11.4 Å². The fourth-order valence-electron chi connectivity index (χ4n) is 6.15. The minimum Gasteiger partial charge on any atom is -0.512 e. The summed E-state index contributed by atoms with van der Waals surface area (Å²) < 4.78 is 14.9. The Morgan fingerprint density at radius 1 is 0.638 bits per heavy atom. The molecule has 4 aromatic heterocycles. The molecule has 0 N–H and O–H groups in total. The average Bonchev–Trinajstić information content (AvgIpc) is 3.66. The summed E-state index contributed by atoms with van der Waals surface area (Å²) in [7, 11) is 0. The molecule has 47 heavy (non-hydrogen) atoms. The van der Waals surface area contributed by atoms with Crippen LogP contribution in [-0.4, -0.2) is 14.5 Å². The third-order valence-electron chi connectivity index (χ3n) is 8.15. The van der Waals surface area contributed by atoms with Gasteiger partial charge in [-0.15, -0.1) is 29.7 Å². The van der Waals surface area contributed by atoms with Crippen molar-refractivity contribution in [3.05, 3.63) is 158 Å². The molecule has 9 aromatic rings. The van der Waals surface area contributed by atoms with Crippen molar-refractivity contribution >= 4 is 60.9 Å². The Morgan fingerprint density at radius 3 is 2.19 bits per heavy atom. The van der Waals surface area contributed by atoms with Crippen LogP contribution >= 0.6 is 0 Å². The summed E-state index contributed by atoms with van der Waals surface area (Å²) in [5, 5.41) is 4.11. The summed E-state index contributed by atoms with van der Waals surface area (Å²) in [6, 6.07) is 51.9. The van der Waals surface area contributed by atoms with Crippen LogP contribution in [0.5, 0.6) is 11.6 Å². The molecule has 0 unspecified atom stereocenters. The van der Waals surface area contributed by atoms with Gasteiger partial charge in [0.05, 0.1) is 11.3 Å². The third kappa shape index (κ3) is 4.94. The Kier molecular flexibility index (Phi) is 7.28. The van der Waals surface area contributed by atoms with Crippen molar-refractivity contribution in [1.29, 1.82) is 0 Å². The number of aromatic nitrogens is 3. The van der Waals surface area contributed by atoms with Crippen LogP contribution in [0.15, 0.2) is 150 Å². The quantitative estimate of drug-likeness (QED) is 0.157. The van der Waals surface area contributed by atoms with Crippen LogP contribution in [0.2, 0.25) is 0 Å². The van der Waals surface area contributed by atoms with E-state index in [9.17, 15) is 0 Å². The van der Waals surface area contributed by atoms with E-state index in [1.54, 1.807) is 6.20 Å². The molecule has 226 valence electrons. The van der Waals surface area contributed by atoms with Gasteiger partial charge in [-0.1, -0.05) is 89.0 Å². The van der Waals surface area contributed by atoms with Gasteiger partial charge in [-0.2, -0.15) is 6.07 Å². The van der Waals surface area contributed by atoms with Crippen molar-refractivity contribution in [2.75, 3.05) is 4.90 Å². The Hall–Kier alpha value is -5.71. The van der Waals surface area contributed by atoms with Gasteiger partial charge in [-0.25, -0.2) is 9.97 Å². The number of benzene rings is 5. The second-order valence-corrected chi connectivity index (χ2v) is 10.9. The maximum Gasteiger partial charge on any atom is 2.00 e. The monoisotopic (exact) mass is 787 g/mol. The minimum absolute atomic E-state index is 0. The molecule has 0 saturated carbocycles. The van der Waals surface area contributed by atoms with Gasteiger partial charge in [0.25, 0.3) is 0 Å². The molecular weight excluding hydrogens is 764 g/mol. The normalized spacial score (nSPS) is 11.2. The van der Waals surface area contributed by atoms with Crippen molar-refractivity contribution in [2.45, 2.75) is 0 Å². The van der Waals surface area contributed by atoms with Crippen LogP contribution in [0.25, 0.3) is 49.4 Å². The SMILES string of the molecule is [Pt+2].[c-]1c(-n2c3[c-]c(N(c4ccccc4)c4ccccn4)ccc3c3ccccc32)cc2c(oc3ccccc32)c1Oc1ccccn1. The van der Waals surface area contributed by atoms with Crippen LogP contribution in [-0.2, 0) is 21.1 Å². The first-order valence-electron chi connectivity index (χ1n) is 15.0. The molecule has 7 heteroatoms. The summed E-state index contributed by atoms with van der Waals surface area (Å²) in [6.07, 6.45) is 3.52. The van der Waals surface area contributed by atoms with Gasteiger partial charge in [-0.05, 0) is 47.9 Å². The fourth-order valence-corrected chi connectivity index (χ4v) is 6.15. The van der Waals surface area contributed by atoms with Crippen LogP contribution in [0, 0.1) is 12.1 Å². The molecule has 4 heterocycles. The van der Waals surface area contributed by atoms with Gasteiger partial charge in [0, 0.05) is 35.1 Å². The molecule has 0 spiro atoms. The first-order valence-corrected chi connectivity index (χ1v) is 15.0. The number of hydrogen-bond donors (Lipinski definition) is 0. The van der Waals surface area contributed by atoms with E-state index < -0.39 is 0 Å². The standard InChI is InChI=1S/C40H24N4O2.Pt/c1-2-12-27(13-3-1)43(38-18-8-10-22-41-38)28-20-21-31-30-14-4-6-16-34(30)44(35(31)25-28)29-24-33-32-15-5-7-17-36(32)46-40(33)37(26-29)45-39-19-9-11-23-42-39;/h1-24H;/q-2;+2. The summed E-state index contributed by atoms with van der Waals surface area (Å²) in [6.45, 7) is 0. The Labute approximate surface area is 284 Å². The zero-order valence-corrected chi connectivity index (χ0v) is 27.1. The van der Waals surface area contributed by atoms with E-state index in [-0.39, 0.29) is 21.1 Å². The first kappa shape index (κ1) is 28.7. The van der Waals surface area contributed by atoms with E-state index in [4.69, 9.17) is 14.1 Å². The number of furan rings is 1. The van der Waals surface area contributed by atoms with Gasteiger partial charge in [0.2, 0.25) is 5.88 Å². The van der Waals surface area contributed by atoms with E-state index in [1.165, 1.54) is 0 Å². The number of para-hydroxylation sites is 3. The molecule has 6 nitrogen and oxygen atoms in total. The zero-order valence-electron chi connectivity index (χ0n) is 24.8. The summed E-state index contributed by atoms with van der Waals surface area (Å²) in [4.78, 5) is 11.2. The van der Waals surface area contributed by atoms with Gasteiger partial charge in [-0.3, -0.25) is 0 Å². The van der Waals surface area contributed by atoms with Crippen molar-refractivity contribution < 1.29 is 30.2 Å². The second kappa shape index (κ2) is 11.9. The topological polar surface area (TPSA) is 56.3 Å². The summed E-state index contributed by atoms with van der Waals surface area (Å²) in [5.74, 6) is 1.72. The molecule has 0 radical (unpaired) electrons. The maximum atomic E-state index is 6.36. The fraction of sp³-hybridized carbons (Fsp3) is 0. The summed E-state index contributed by atoms with van der Waals surface area (Å²) in [5.41, 5.74) is 5.98. The van der Waals surface area contributed by atoms with Crippen LogP contribution < -0.4 is 9.64 Å². The molecule has 0 amide bonds. The van der Waals surface area contributed by atoms with E-state index in [0.29, 0.717) is 17.2 Å². The number of fused-ring (bicyclic) bond motifs is 6.